The van der Waals surface area contributed by atoms with E-state index in [0.717, 1.165) is 33.3 Å². The first-order valence-electron chi connectivity index (χ1n) is 10.9. The topological polar surface area (TPSA) is 98.1 Å². The molecule has 0 aliphatic rings. The van der Waals surface area contributed by atoms with Crippen molar-refractivity contribution in [2.75, 3.05) is 12.4 Å². The molecule has 9 heteroatoms. The van der Waals surface area contributed by atoms with Crippen LogP contribution in [-0.4, -0.2) is 39.5 Å². The normalized spacial score (nSPS) is 11.9. The Bertz CT molecular complexity index is 1340. The van der Waals surface area contributed by atoms with Crippen molar-refractivity contribution < 1.29 is 14.3 Å². The van der Waals surface area contributed by atoms with E-state index in [1.807, 2.05) is 72.4 Å². The fourth-order valence-electron chi connectivity index (χ4n) is 3.33. The molecule has 4 aromatic rings. The van der Waals surface area contributed by atoms with Crippen LogP contribution in [-0.2, 0) is 16.6 Å². The van der Waals surface area contributed by atoms with Crippen molar-refractivity contribution in [3.05, 3.63) is 78.6 Å². The van der Waals surface area contributed by atoms with E-state index in [1.165, 1.54) is 17.4 Å². The number of nitrogens with zero attached hydrogens (tertiary/aromatic N) is 3. The first-order chi connectivity index (χ1) is 16.9. The molecule has 2 aromatic heterocycles. The highest BCUT2D eigenvalue weighted by atomic mass is 32.1. The lowest BCUT2D eigenvalue weighted by Crippen LogP contribution is -2.40. The molecule has 2 amide bonds. The number of nitrogens with one attached hydrogen (secondary N) is 2. The van der Waals surface area contributed by atoms with Crippen LogP contribution < -0.4 is 15.4 Å². The number of carbonyl (C=O) groups is 2. The second-order valence-corrected chi connectivity index (χ2v) is 8.75. The predicted molar refractivity (Wildman–Crippen MR) is 138 cm³/mol. The number of imidazole rings is 1. The van der Waals surface area contributed by atoms with Gasteiger partial charge < -0.3 is 19.9 Å². The lowest BCUT2D eigenvalue weighted by Gasteiger charge is -2.11. The van der Waals surface area contributed by atoms with Crippen molar-refractivity contribution >= 4 is 34.4 Å². The molecule has 2 N–H and O–H groups in total. The van der Waals surface area contributed by atoms with Crippen molar-refractivity contribution in [1.29, 1.82) is 0 Å². The fraction of sp³-hybridized carbons (Fsp3) is 0.154. The van der Waals surface area contributed by atoms with Gasteiger partial charge in [-0.15, -0.1) is 0 Å². The molecule has 0 bridgehead atoms. The Morgan fingerprint density at radius 2 is 1.86 bits per heavy atom. The minimum absolute atomic E-state index is 0.365. The van der Waals surface area contributed by atoms with E-state index in [0.29, 0.717) is 5.13 Å². The fourth-order valence-corrected chi connectivity index (χ4v) is 4.36. The summed E-state index contributed by atoms with van der Waals surface area (Å²) in [7, 11) is 3.50. The summed E-state index contributed by atoms with van der Waals surface area (Å²) < 4.78 is 7.03. The van der Waals surface area contributed by atoms with Crippen LogP contribution >= 0.6 is 11.3 Å². The lowest BCUT2D eigenvalue weighted by atomic mass is 10.1. The quantitative estimate of drug-likeness (QED) is 0.360. The van der Waals surface area contributed by atoms with Crippen LogP contribution in [0.1, 0.15) is 12.5 Å². The summed E-state index contributed by atoms with van der Waals surface area (Å²) in [5.41, 5.74) is 2.50. The van der Waals surface area contributed by atoms with Gasteiger partial charge in [0.1, 0.15) is 11.8 Å². The van der Waals surface area contributed by atoms with E-state index >= 15 is 0 Å². The number of anilines is 1. The van der Waals surface area contributed by atoms with Crippen molar-refractivity contribution in [1.82, 2.24) is 19.9 Å². The Kier molecular flexibility index (Phi) is 7.37. The average molecular weight is 488 g/mol. The average Bonchev–Trinajstić information content (AvgIpc) is 3.49. The number of amides is 2. The Morgan fingerprint density at radius 1 is 1.11 bits per heavy atom. The summed E-state index contributed by atoms with van der Waals surface area (Å²) in [4.78, 5) is 35.1. The van der Waals surface area contributed by atoms with Crippen LogP contribution in [0.2, 0.25) is 0 Å². The lowest BCUT2D eigenvalue weighted by molar-refractivity contribution is -0.123. The molecule has 178 valence electrons. The van der Waals surface area contributed by atoms with E-state index < -0.39 is 6.04 Å². The number of aromatic nitrogens is 3. The second-order valence-electron chi connectivity index (χ2n) is 7.75. The number of hydrogen-bond acceptors (Lipinski definition) is 6. The number of rotatable bonds is 8. The monoisotopic (exact) mass is 487 g/mol. The smallest absolute Gasteiger partial charge is 0.248 e. The number of methoxy groups -OCH3 is 1. The van der Waals surface area contributed by atoms with Crippen molar-refractivity contribution in [2.24, 2.45) is 7.05 Å². The molecule has 0 spiro atoms. The number of hydrogen-bond donors (Lipinski definition) is 2. The van der Waals surface area contributed by atoms with Gasteiger partial charge in [0.2, 0.25) is 11.8 Å². The van der Waals surface area contributed by atoms with Crippen LogP contribution in [0.4, 0.5) is 5.13 Å². The summed E-state index contributed by atoms with van der Waals surface area (Å²) >= 11 is 1.34. The molecular weight excluding hydrogens is 462 g/mol. The Balaban J connectivity index is 1.45. The van der Waals surface area contributed by atoms with Gasteiger partial charge in [-0.2, -0.15) is 0 Å². The minimum Gasteiger partial charge on any atom is -0.497 e. The molecule has 35 heavy (non-hydrogen) atoms. The molecule has 0 aliphatic heterocycles. The molecule has 0 fully saturated rings. The van der Waals surface area contributed by atoms with Crippen molar-refractivity contribution in [2.45, 2.75) is 13.0 Å². The van der Waals surface area contributed by atoms with Crippen LogP contribution in [0.5, 0.6) is 5.75 Å². The zero-order chi connectivity index (χ0) is 24.8. The third-order valence-electron chi connectivity index (χ3n) is 5.22. The van der Waals surface area contributed by atoms with Gasteiger partial charge in [0.05, 0.1) is 17.7 Å². The molecule has 0 aliphatic carbocycles. The number of benzene rings is 2. The number of aryl methyl sites for hydroxylation is 1. The van der Waals surface area contributed by atoms with Crippen LogP contribution in [0, 0.1) is 0 Å². The zero-order valence-corrected chi connectivity index (χ0v) is 20.4. The highest BCUT2D eigenvalue weighted by Gasteiger charge is 2.21. The number of thiazole rings is 1. The first-order valence-corrected chi connectivity index (χ1v) is 11.7. The first kappa shape index (κ1) is 23.9. The van der Waals surface area contributed by atoms with E-state index in [1.54, 1.807) is 26.3 Å². The zero-order valence-electron chi connectivity index (χ0n) is 19.6. The number of carbonyl (C=O) groups excluding carboxylic acids is 2. The van der Waals surface area contributed by atoms with E-state index in [-0.39, 0.29) is 11.8 Å². The SMILES string of the molecule is COc1ccc(/C=C/C(=O)NC(C)C(=O)Nc2nc(-c3ccccc3)c(-c3nccn3C)s2)cc1. The maximum absolute atomic E-state index is 12.8. The van der Waals surface area contributed by atoms with Gasteiger partial charge in [-0.3, -0.25) is 9.59 Å². The van der Waals surface area contributed by atoms with Gasteiger partial charge in [0.15, 0.2) is 11.0 Å². The summed E-state index contributed by atoms with van der Waals surface area (Å²) in [5.74, 6) is 0.754. The maximum atomic E-state index is 12.8. The van der Waals surface area contributed by atoms with Gasteiger partial charge >= 0.3 is 0 Å². The highest BCUT2D eigenvalue weighted by Crippen LogP contribution is 2.38. The van der Waals surface area contributed by atoms with Crippen LogP contribution in [0.25, 0.3) is 28.0 Å². The van der Waals surface area contributed by atoms with E-state index in [4.69, 9.17) is 4.74 Å². The molecule has 0 saturated carbocycles. The van der Waals surface area contributed by atoms with Crippen LogP contribution in [0.3, 0.4) is 0 Å². The number of ether oxygens (including phenoxy) is 1. The molecule has 1 atom stereocenters. The predicted octanol–water partition coefficient (Wildman–Crippen LogP) is 4.38. The molecule has 2 heterocycles. The van der Waals surface area contributed by atoms with Gasteiger partial charge in [-0.05, 0) is 30.7 Å². The molecule has 1 unspecified atom stereocenters. The van der Waals surface area contributed by atoms with Crippen molar-refractivity contribution in [3.63, 3.8) is 0 Å². The summed E-state index contributed by atoms with van der Waals surface area (Å²) in [6.07, 6.45) is 6.64. The van der Waals surface area contributed by atoms with Gasteiger partial charge in [0.25, 0.3) is 0 Å². The largest absolute Gasteiger partial charge is 0.497 e. The third kappa shape index (κ3) is 5.82. The molecule has 0 saturated heterocycles. The molecule has 0 radical (unpaired) electrons. The molecular formula is C26H25N5O3S. The van der Waals surface area contributed by atoms with Crippen molar-refractivity contribution in [3.8, 4) is 27.7 Å². The second kappa shape index (κ2) is 10.8. The summed E-state index contributed by atoms with van der Waals surface area (Å²) in [6, 6.07) is 16.3. The Labute approximate surface area is 207 Å². The highest BCUT2D eigenvalue weighted by molar-refractivity contribution is 7.19. The minimum atomic E-state index is -0.760. The Morgan fingerprint density at radius 3 is 2.51 bits per heavy atom. The van der Waals surface area contributed by atoms with E-state index in [9.17, 15) is 9.59 Å². The maximum Gasteiger partial charge on any atom is 0.248 e. The van der Waals surface area contributed by atoms with E-state index in [2.05, 4.69) is 20.6 Å². The summed E-state index contributed by atoms with van der Waals surface area (Å²) in [6.45, 7) is 1.62. The van der Waals surface area contributed by atoms with Gasteiger partial charge in [-0.1, -0.05) is 53.8 Å². The molecule has 2 aromatic carbocycles. The molecule has 4 rings (SSSR count). The summed E-state index contributed by atoms with van der Waals surface area (Å²) in [5, 5.41) is 5.94. The van der Waals surface area contributed by atoms with Gasteiger partial charge in [-0.25, -0.2) is 9.97 Å². The Hall–Kier alpha value is -4.24. The third-order valence-corrected chi connectivity index (χ3v) is 6.19. The van der Waals surface area contributed by atoms with Crippen LogP contribution in [0.15, 0.2) is 73.1 Å². The van der Waals surface area contributed by atoms with Gasteiger partial charge in [0, 0.05) is 31.1 Å². The molecule has 8 nitrogen and oxygen atoms in total. The standard InChI is InChI=1S/C26H25N5O3S/c1-17(28-21(32)14-11-18-9-12-20(34-3)13-10-18)25(33)30-26-29-22(19-7-5-4-6-8-19)23(35-26)24-27-15-16-31(24)2/h4-17H,1-3H3,(H,28,32)(H,29,30,33)/b14-11+.